The fourth-order valence-corrected chi connectivity index (χ4v) is 2.41. The second-order valence-corrected chi connectivity index (χ2v) is 6.22. The van der Waals surface area contributed by atoms with Crippen LogP contribution < -0.4 is 10.6 Å². The fraction of sp³-hybridized carbons (Fsp3) is 0.133. The topological polar surface area (TPSA) is 41.1 Å². The van der Waals surface area contributed by atoms with E-state index in [1.54, 1.807) is 12.1 Å². The molecule has 0 unspecified atom stereocenters. The highest BCUT2D eigenvalue weighted by Crippen LogP contribution is 2.28. The summed E-state index contributed by atoms with van der Waals surface area (Å²) in [4.78, 5) is 11.9. The summed E-state index contributed by atoms with van der Waals surface area (Å²) in [6.45, 7) is 1.98. The molecule has 6 heteroatoms. The van der Waals surface area contributed by atoms with Crippen LogP contribution >= 0.6 is 39.1 Å². The first-order valence-electron chi connectivity index (χ1n) is 6.20. The number of carbonyl (C=O) groups is 1. The molecule has 0 saturated carbocycles. The number of amides is 1. The Morgan fingerprint density at radius 2 is 1.81 bits per heavy atom. The lowest BCUT2D eigenvalue weighted by molar-refractivity contribution is -0.114. The fourth-order valence-electron chi connectivity index (χ4n) is 1.70. The van der Waals surface area contributed by atoms with Gasteiger partial charge in [0.2, 0.25) is 5.91 Å². The molecule has 0 bridgehead atoms. The van der Waals surface area contributed by atoms with Crippen molar-refractivity contribution in [3.8, 4) is 0 Å². The van der Waals surface area contributed by atoms with Crippen molar-refractivity contribution in [3.63, 3.8) is 0 Å². The summed E-state index contributed by atoms with van der Waals surface area (Å²) in [5, 5.41) is 6.90. The van der Waals surface area contributed by atoms with Gasteiger partial charge in [-0.2, -0.15) is 0 Å². The molecule has 0 heterocycles. The maximum absolute atomic E-state index is 11.9. The van der Waals surface area contributed by atoms with Gasteiger partial charge in [0.05, 0.1) is 17.3 Å². The first-order valence-corrected chi connectivity index (χ1v) is 7.75. The van der Waals surface area contributed by atoms with Crippen LogP contribution in [0.4, 0.5) is 11.4 Å². The van der Waals surface area contributed by atoms with Gasteiger partial charge in [-0.1, -0.05) is 39.1 Å². The number of anilines is 2. The number of hydrogen-bond donors (Lipinski definition) is 2. The Bertz CT molecular complexity index is 659. The van der Waals surface area contributed by atoms with Gasteiger partial charge in [-0.25, -0.2) is 0 Å². The van der Waals surface area contributed by atoms with Gasteiger partial charge in [-0.15, -0.1) is 0 Å². The molecule has 0 atom stereocenters. The van der Waals surface area contributed by atoms with Gasteiger partial charge in [0, 0.05) is 15.2 Å². The Balaban J connectivity index is 1.95. The van der Waals surface area contributed by atoms with Gasteiger partial charge in [-0.05, 0) is 48.9 Å². The van der Waals surface area contributed by atoms with Gasteiger partial charge in [-0.3, -0.25) is 4.79 Å². The monoisotopic (exact) mass is 386 g/mol. The Morgan fingerprint density at radius 3 is 2.48 bits per heavy atom. The van der Waals surface area contributed by atoms with E-state index < -0.39 is 0 Å². The number of halogens is 3. The summed E-state index contributed by atoms with van der Waals surface area (Å²) >= 11 is 15.5. The Morgan fingerprint density at radius 1 is 1.14 bits per heavy atom. The van der Waals surface area contributed by atoms with E-state index >= 15 is 0 Å². The van der Waals surface area contributed by atoms with Crippen LogP contribution in [0.1, 0.15) is 5.56 Å². The average molecular weight is 388 g/mol. The standard InChI is InChI=1S/C15H13BrCl2N2O/c1-9-6-13(18)14(7-12(9)17)19-8-15(21)20-11-4-2-10(16)3-5-11/h2-7,19H,8H2,1H3,(H,20,21). The summed E-state index contributed by atoms with van der Waals surface area (Å²) in [6, 6.07) is 10.8. The number of nitrogens with one attached hydrogen (secondary N) is 2. The minimum atomic E-state index is -0.162. The highest BCUT2D eigenvalue weighted by molar-refractivity contribution is 9.10. The second kappa shape index (κ2) is 7.16. The molecular formula is C15H13BrCl2N2O. The normalized spacial score (nSPS) is 10.3. The van der Waals surface area contributed by atoms with Crippen molar-refractivity contribution >= 4 is 56.4 Å². The van der Waals surface area contributed by atoms with Gasteiger partial charge in [0.1, 0.15) is 0 Å². The number of carbonyl (C=O) groups excluding carboxylic acids is 1. The van der Waals surface area contributed by atoms with Crippen molar-refractivity contribution in [3.05, 3.63) is 56.5 Å². The number of rotatable bonds is 4. The molecule has 0 aromatic heterocycles. The lowest BCUT2D eigenvalue weighted by Gasteiger charge is -2.11. The van der Waals surface area contributed by atoms with E-state index in [4.69, 9.17) is 23.2 Å². The van der Waals surface area contributed by atoms with E-state index in [0.29, 0.717) is 15.7 Å². The minimum Gasteiger partial charge on any atom is -0.375 e. The largest absolute Gasteiger partial charge is 0.375 e. The Labute approximate surface area is 141 Å². The molecule has 0 saturated heterocycles. The van der Waals surface area contributed by atoms with Crippen LogP contribution in [-0.4, -0.2) is 12.5 Å². The zero-order chi connectivity index (χ0) is 15.4. The average Bonchev–Trinajstić information content (AvgIpc) is 2.44. The predicted octanol–water partition coefficient (Wildman–Crippen LogP) is 5.11. The molecular weight excluding hydrogens is 375 g/mol. The highest BCUT2D eigenvalue weighted by Gasteiger charge is 2.07. The molecule has 110 valence electrons. The molecule has 0 aliphatic rings. The molecule has 2 rings (SSSR count). The van der Waals surface area contributed by atoms with E-state index in [1.807, 2.05) is 31.2 Å². The number of benzene rings is 2. The summed E-state index contributed by atoms with van der Waals surface area (Å²) in [5.41, 5.74) is 2.27. The molecule has 2 aromatic rings. The van der Waals surface area contributed by atoms with E-state index in [-0.39, 0.29) is 12.5 Å². The molecule has 0 fully saturated rings. The molecule has 0 aliphatic heterocycles. The first-order chi connectivity index (χ1) is 9.95. The molecule has 1 amide bonds. The SMILES string of the molecule is Cc1cc(Cl)c(NCC(=O)Nc2ccc(Br)cc2)cc1Cl. The smallest absolute Gasteiger partial charge is 0.243 e. The summed E-state index contributed by atoms with van der Waals surface area (Å²) in [7, 11) is 0. The third kappa shape index (κ3) is 4.63. The molecule has 2 aromatic carbocycles. The number of hydrogen-bond acceptors (Lipinski definition) is 2. The van der Waals surface area contributed by atoms with Crippen LogP contribution in [-0.2, 0) is 4.79 Å². The third-order valence-corrected chi connectivity index (χ3v) is 4.06. The zero-order valence-electron chi connectivity index (χ0n) is 11.2. The van der Waals surface area contributed by atoms with E-state index in [2.05, 4.69) is 26.6 Å². The van der Waals surface area contributed by atoms with Crippen LogP contribution in [0.3, 0.4) is 0 Å². The Kier molecular flexibility index (Phi) is 5.51. The molecule has 3 nitrogen and oxygen atoms in total. The Hall–Kier alpha value is -1.23. The minimum absolute atomic E-state index is 0.106. The van der Waals surface area contributed by atoms with Crippen molar-refractivity contribution in [2.45, 2.75) is 6.92 Å². The van der Waals surface area contributed by atoms with Gasteiger partial charge in [0.15, 0.2) is 0 Å². The van der Waals surface area contributed by atoms with Crippen LogP contribution in [0.2, 0.25) is 10.0 Å². The van der Waals surface area contributed by atoms with Crippen molar-refractivity contribution in [2.24, 2.45) is 0 Å². The van der Waals surface area contributed by atoms with Crippen LogP contribution in [0.5, 0.6) is 0 Å². The van der Waals surface area contributed by atoms with E-state index in [1.165, 1.54) is 0 Å². The van der Waals surface area contributed by atoms with Gasteiger partial charge < -0.3 is 10.6 Å². The van der Waals surface area contributed by atoms with Crippen LogP contribution in [0.15, 0.2) is 40.9 Å². The van der Waals surface area contributed by atoms with Crippen LogP contribution in [0, 0.1) is 6.92 Å². The van der Waals surface area contributed by atoms with Gasteiger partial charge in [0.25, 0.3) is 0 Å². The summed E-state index contributed by atoms with van der Waals surface area (Å²) in [5.74, 6) is -0.162. The van der Waals surface area contributed by atoms with E-state index in [0.717, 1.165) is 15.7 Å². The van der Waals surface area contributed by atoms with Crippen LogP contribution in [0.25, 0.3) is 0 Å². The summed E-state index contributed by atoms with van der Waals surface area (Å²) < 4.78 is 0.958. The first kappa shape index (κ1) is 16.1. The lowest BCUT2D eigenvalue weighted by atomic mass is 10.2. The highest BCUT2D eigenvalue weighted by atomic mass is 79.9. The van der Waals surface area contributed by atoms with Crippen molar-refractivity contribution in [1.82, 2.24) is 0 Å². The maximum atomic E-state index is 11.9. The quantitative estimate of drug-likeness (QED) is 0.764. The lowest BCUT2D eigenvalue weighted by Crippen LogP contribution is -2.21. The number of aryl methyl sites for hydroxylation is 1. The van der Waals surface area contributed by atoms with Crippen molar-refractivity contribution in [1.29, 1.82) is 0 Å². The van der Waals surface area contributed by atoms with Gasteiger partial charge >= 0.3 is 0 Å². The van der Waals surface area contributed by atoms with Crippen molar-refractivity contribution in [2.75, 3.05) is 17.2 Å². The zero-order valence-corrected chi connectivity index (χ0v) is 14.3. The summed E-state index contributed by atoms with van der Waals surface area (Å²) in [6.07, 6.45) is 0. The van der Waals surface area contributed by atoms with E-state index in [9.17, 15) is 4.79 Å². The molecule has 2 N–H and O–H groups in total. The molecule has 21 heavy (non-hydrogen) atoms. The molecule has 0 radical (unpaired) electrons. The maximum Gasteiger partial charge on any atom is 0.243 e. The van der Waals surface area contributed by atoms with Crippen molar-refractivity contribution < 1.29 is 4.79 Å². The third-order valence-electron chi connectivity index (χ3n) is 2.82. The second-order valence-electron chi connectivity index (χ2n) is 4.49. The predicted molar refractivity (Wildman–Crippen MR) is 92.5 cm³/mol. The molecule has 0 spiro atoms. The molecule has 0 aliphatic carbocycles.